The van der Waals surface area contributed by atoms with E-state index in [1.54, 1.807) is 24.3 Å². The van der Waals surface area contributed by atoms with E-state index in [4.69, 9.17) is 9.84 Å². The Morgan fingerprint density at radius 2 is 1.75 bits per heavy atom. The molecule has 0 aliphatic heterocycles. The third-order valence-corrected chi connectivity index (χ3v) is 2.65. The van der Waals surface area contributed by atoms with Crippen molar-refractivity contribution in [2.24, 2.45) is 0 Å². The summed E-state index contributed by atoms with van der Waals surface area (Å²) in [5, 5.41) is 20.1. The van der Waals surface area contributed by atoms with Gasteiger partial charge in [-0.15, -0.1) is 5.75 Å². The molecule has 0 saturated heterocycles. The Hall–Kier alpha value is -2.82. The van der Waals surface area contributed by atoms with Crippen molar-refractivity contribution in [3.63, 3.8) is 0 Å². The fourth-order valence-corrected chi connectivity index (χ4v) is 1.68. The summed E-state index contributed by atoms with van der Waals surface area (Å²) in [6.07, 6.45) is 0. The van der Waals surface area contributed by atoms with Gasteiger partial charge in [0.25, 0.3) is 0 Å². The lowest BCUT2D eigenvalue weighted by atomic mass is 10.1. The van der Waals surface area contributed by atoms with Crippen LogP contribution in [0.1, 0.15) is 26.3 Å². The van der Waals surface area contributed by atoms with Crippen LogP contribution in [-0.2, 0) is 11.3 Å². The summed E-state index contributed by atoms with van der Waals surface area (Å²) in [5.41, 5.74) is 0.307. The molecule has 2 rings (SSSR count). The Labute approximate surface area is 115 Å². The second kappa shape index (κ2) is 5.88. The van der Waals surface area contributed by atoms with Gasteiger partial charge in [-0.05, 0) is 11.6 Å². The molecule has 0 aromatic heterocycles. The van der Waals surface area contributed by atoms with E-state index in [1.165, 1.54) is 6.07 Å². The number of carbonyl (C=O) groups excluding carboxylic acids is 1. The topological polar surface area (TPSA) is 86.7 Å². The van der Waals surface area contributed by atoms with Crippen LogP contribution in [0.15, 0.2) is 48.5 Å². The van der Waals surface area contributed by atoms with E-state index in [9.17, 15) is 14.7 Å². The maximum absolute atomic E-state index is 11.9. The monoisotopic (exact) mass is 271 g/mol. The summed E-state index contributed by atoms with van der Waals surface area (Å²) < 4.78 is 5.04. The number of aromatic carboxylic acids is 1. The van der Waals surface area contributed by atoms with E-state index in [0.717, 1.165) is 17.7 Å². The van der Waals surface area contributed by atoms with Gasteiger partial charge in [-0.2, -0.15) is 0 Å². The Bertz CT molecular complexity index is 634. The van der Waals surface area contributed by atoms with Crippen LogP contribution in [0.4, 0.5) is 0 Å². The van der Waals surface area contributed by atoms with Gasteiger partial charge in [-0.3, -0.25) is 0 Å². The molecule has 1 N–H and O–H groups in total. The molecule has 0 unspecified atom stereocenters. The Morgan fingerprint density at radius 1 is 1.05 bits per heavy atom. The van der Waals surface area contributed by atoms with Gasteiger partial charge in [0.05, 0.1) is 11.1 Å². The summed E-state index contributed by atoms with van der Waals surface area (Å²) in [5.74, 6) is -2.58. The Morgan fingerprint density at radius 3 is 2.40 bits per heavy atom. The summed E-state index contributed by atoms with van der Waals surface area (Å²) in [7, 11) is 0. The van der Waals surface area contributed by atoms with Crippen LogP contribution in [0.2, 0.25) is 0 Å². The molecule has 0 radical (unpaired) electrons. The summed E-state index contributed by atoms with van der Waals surface area (Å²) in [4.78, 5) is 22.9. The third kappa shape index (κ3) is 3.14. The van der Waals surface area contributed by atoms with Crippen LogP contribution in [0.3, 0.4) is 0 Å². The summed E-state index contributed by atoms with van der Waals surface area (Å²) in [6, 6.07) is 12.2. The van der Waals surface area contributed by atoms with Crippen LogP contribution in [0.5, 0.6) is 5.75 Å². The average Bonchev–Trinajstić information content (AvgIpc) is 2.45. The molecule has 0 fully saturated rings. The van der Waals surface area contributed by atoms with Crippen molar-refractivity contribution in [3.05, 3.63) is 65.2 Å². The normalized spacial score (nSPS) is 10.0. The lowest BCUT2D eigenvalue weighted by Crippen LogP contribution is -2.12. The molecule has 5 nitrogen and oxygen atoms in total. The molecule has 5 heteroatoms. The highest BCUT2D eigenvalue weighted by Gasteiger charge is 2.17. The summed E-state index contributed by atoms with van der Waals surface area (Å²) >= 11 is 0. The number of carboxylic acid groups (broad SMARTS) is 1. The fourth-order valence-electron chi connectivity index (χ4n) is 1.68. The number of rotatable bonds is 4. The number of hydrogen-bond donors (Lipinski definition) is 1. The van der Waals surface area contributed by atoms with E-state index in [-0.39, 0.29) is 17.7 Å². The van der Waals surface area contributed by atoms with Crippen molar-refractivity contribution < 1.29 is 24.5 Å². The van der Waals surface area contributed by atoms with Crippen molar-refractivity contribution in [1.82, 2.24) is 0 Å². The third-order valence-electron chi connectivity index (χ3n) is 2.65. The first kappa shape index (κ1) is 13.6. The molecular formula is C15H11O5-. The standard InChI is InChI=1S/C15H12O5/c16-11-6-7-12(13(8-11)14(17)18)15(19)20-9-10-4-2-1-3-5-10/h1-8,16H,9H2,(H,17,18)/p-1. The number of benzene rings is 2. The predicted molar refractivity (Wildman–Crippen MR) is 68.4 cm³/mol. The molecule has 0 aliphatic carbocycles. The van der Waals surface area contributed by atoms with Crippen molar-refractivity contribution in [2.45, 2.75) is 6.61 Å². The second-order valence-corrected chi connectivity index (χ2v) is 4.07. The molecule has 0 spiro atoms. The SMILES string of the molecule is O=C(O)c1cc([O-])ccc1C(=O)OCc1ccccc1. The van der Waals surface area contributed by atoms with Gasteiger partial charge in [0, 0.05) is 0 Å². The van der Waals surface area contributed by atoms with Crippen molar-refractivity contribution in [2.75, 3.05) is 0 Å². The van der Waals surface area contributed by atoms with Gasteiger partial charge < -0.3 is 14.9 Å². The number of carbonyl (C=O) groups is 2. The van der Waals surface area contributed by atoms with E-state index in [2.05, 4.69) is 0 Å². The number of hydrogen-bond acceptors (Lipinski definition) is 4. The molecule has 0 atom stereocenters. The first-order valence-electron chi connectivity index (χ1n) is 5.83. The van der Waals surface area contributed by atoms with Crippen molar-refractivity contribution in [1.29, 1.82) is 0 Å². The number of ether oxygens (including phenoxy) is 1. The molecule has 0 aliphatic rings. The van der Waals surface area contributed by atoms with Gasteiger partial charge >= 0.3 is 11.9 Å². The molecule has 20 heavy (non-hydrogen) atoms. The van der Waals surface area contributed by atoms with Gasteiger partial charge in [0.15, 0.2) is 0 Å². The fraction of sp³-hybridized carbons (Fsp3) is 0.0667. The van der Waals surface area contributed by atoms with Crippen LogP contribution < -0.4 is 5.11 Å². The van der Waals surface area contributed by atoms with Crippen LogP contribution in [-0.4, -0.2) is 17.0 Å². The van der Waals surface area contributed by atoms with Crippen LogP contribution >= 0.6 is 0 Å². The molecule has 0 bridgehead atoms. The number of carboxylic acids is 1. The zero-order valence-electron chi connectivity index (χ0n) is 10.4. The van der Waals surface area contributed by atoms with Gasteiger partial charge in [-0.1, -0.05) is 42.5 Å². The minimum Gasteiger partial charge on any atom is -0.872 e. The molecule has 2 aromatic rings. The van der Waals surface area contributed by atoms with Gasteiger partial charge in [0.2, 0.25) is 0 Å². The highest BCUT2D eigenvalue weighted by molar-refractivity contribution is 6.02. The molecule has 0 saturated carbocycles. The first-order valence-corrected chi connectivity index (χ1v) is 5.83. The minimum absolute atomic E-state index is 0.0395. The highest BCUT2D eigenvalue weighted by atomic mass is 16.5. The van der Waals surface area contributed by atoms with E-state index in [1.807, 2.05) is 6.07 Å². The van der Waals surface area contributed by atoms with Crippen molar-refractivity contribution >= 4 is 11.9 Å². The lowest BCUT2D eigenvalue weighted by Gasteiger charge is -2.11. The molecule has 0 amide bonds. The smallest absolute Gasteiger partial charge is 0.339 e. The van der Waals surface area contributed by atoms with E-state index in [0.29, 0.717) is 0 Å². The minimum atomic E-state index is -1.34. The zero-order chi connectivity index (χ0) is 14.5. The van der Waals surface area contributed by atoms with Gasteiger partial charge in [0.1, 0.15) is 6.61 Å². The van der Waals surface area contributed by atoms with E-state index >= 15 is 0 Å². The zero-order valence-corrected chi connectivity index (χ0v) is 10.4. The molecule has 2 aromatic carbocycles. The molecular weight excluding hydrogens is 260 g/mol. The maximum Gasteiger partial charge on any atom is 0.339 e. The second-order valence-electron chi connectivity index (χ2n) is 4.07. The largest absolute Gasteiger partial charge is 0.872 e. The average molecular weight is 271 g/mol. The highest BCUT2D eigenvalue weighted by Crippen LogP contribution is 2.16. The summed E-state index contributed by atoms with van der Waals surface area (Å²) in [6.45, 7) is 0.0395. The van der Waals surface area contributed by atoms with Crippen LogP contribution in [0, 0.1) is 0 Å². The van der Waals surface area contributed by atoms with E-state index < -0.39 is 17.7 Å². The maximum atomic E-state index is 11.9. The van der Waals surface area contributed by atoms with Crippen molar-refractivity contribution in [3.8, 4) is 5.75 Å². The number of esters is 1. The molecule has 102 valence electrons. The van der Waals surface area contributed by atoms with Crippen LogP contribution in [0.25, 0.3) is 0 Å². The Balaban J connectivity index is 2.15. The molecule has 0 heterocycles. The quantitative estimate of drug-likeness (QED) is 0.857. The Kier molecular flexibility index (Phi) is 4.00. The predicted octanol–water partition coefficient (Wildman–Crippen LogP) is 1.82. The first-order chi connectivity index (χ1) is 9.58. The van der Waals surface area contributed by atoms with Gasteiger partial charge in [-0.25, -0.2) is 9.59 Å². The lowest BCUT2D eigenvalue weighted by molar-refractivity contribution is -0.268.